The Morgan fingerprint density at radius 1 is 0.349 bits per heavy atom. The van der Waals surface area contributed by atoms with Crippen molar-refractivity contribution in [2.45, 2.75) is 164 Å². The summed E-state index contributed by atoms with van der Waals surface area (Å²) in [7, 11) is -29.1. The Hall–Kier alpha value is -6.98. The minimum atomic E-state index is -6.03. The fourth-order valence-electron chi connectivity index (χ4n) is 11.7. The number of hydrogen-bond acceptors (Lipinski definition) is 36. The number of rotatable bonds is 29. The van der Waals surface area contributed by atoms with Gasteiger partial charge in [-0.25, -0.2) is 46.8 Å². The van der Waals surface area contributed by atoms with Gasteiger partial charge < -0.3 is 83.3 Å². The van der Waals surface area contributed by atoms with E-state index in [-0.39, 0.29) is 27.8 Å². The van der Waals surface area contributed by atoms with Gasteiger partial charge in [0.2, 0.25) is 0 Å². The molecule has 0 spiro atoms. The molecule has 4 unspecified atom stereocenters. The third-order valence-corrected chi connectivity index (χ3v) is 21.4. The summed E-state index contributed by atoms with van der Waals surface area (Å²) in [4.78, 5) is 213. The highest BCUT2D eigenvalue weighted by molar-refractivity contribution is 7.48. The number of aliphatic hydroxyl groups excluding tert-OH is 5. The third-order valence-electron chi connectivity index (χ3n) is 17.0. The third kappa shape index (κ3) is 19.2. The van der Waals surface area contributed by atoms with Crippen LogP contribution in [0, 0.1) is 34.6 Å². The molecule has 57 heteroatoms. The van der Waals surface area contributed by atoms with E-state index in [1.165, 1.54) is 27.7 Å². The van der Waals surface area contributed by atoms with Crippen molar-refractivity contribution in [3.63, 3.8) is 0 Å². The summed E-state index contributed by atoms with van der Waals surface area (Å²) in [5.74, 6) is -1.05. The van der Waals surface area contributed by atoms with Crippen LogP contribution in [0.25, 0.3) is 0 Å². The summed E-state index contributed by atoms with van der Waals surface area (Å²) in [6.45, 7) is 0.0266. The highest BCUT2D eigenvalue weighted by atomic mass is 31.2. The van der Waals surface area contributed by atoms with Gasteiger partial charge in [-0.15, -0.1) is 0 Å². The van der Waals surface area contributed by atoms with Gasteiger partial charge in [-0.05, 0) is 34.6 Å². The Morgan fingerprint density at radius 3 is 0.725 bits per heavy atom. The Bertz CT molecular complexity index is 5180. The molecule has 5 aromatic heterocycles. The minimum Gasteiger partial charge on any atom is -0.457 e. The Morgan fingerprint density at radius 2 is 0.532 bits per heavy atom. The van der Waals surface area contributed by atoms with Crippen LogP contribution in [0.2, 0.25) is 0 Å². The molecule has 24 atom stereocenters. The SMILES string of the molecule is CC(=O)O[C@H]1[C@@H](O)[C@H](n2cc(C)c(=O)[nH]c2=O)O[C@@H]1COP(=O)(O)O[C@H]1[C@@H](O)[C@H](n2cc(C)c(=O)[nH]c2=O)O[C@@H]1COP(=O)(O)O[C@H]1[C@@H](O)[C@H](n2cc(C)c(=O)[nH]c2=O)O[C@@H]1COP(=O)(O)O[C@H]1[C@@H](O)[C@H](n2cc(C)c(=O)[nH]c2=O)O[C@@H]1COP(=O)(O)O[C@H]1[C@@H](O)[C@H](n2cc(C)c(=O)[nH]c2=O)O[C@@H]1COP(=O)(O)O. The second kappa shape index (κ2) is 32.6. The van der Waals surface area contributed by atoms with Gasteiger partial charge in [-0.2, -0.15) is 0 Å². The Kier molecular flexibility index (Phi) is 25.3. The van der Waals surface area contributed by atoms with Crippen molar-refractivity contribution in [3.05, 3.63) is 163 Å². The number of phosphoric ester groups is 5. The number of nitrogens with zero attached hydrogens (tertiary/aromatic N) is 5. The maximum Gasteiger partial charge on any atom is 0.472 e. The first-order valence-electron chi connectivity index (χ1n) is 31.4. The number of carbonyl (C=O) groups excluding carboxylic acids is 1. The van der Waals surface area contributed by atoms with E-state index in [2.05, 4.69) is 4.52 Å². The van der Waals surface area contributed by atoms with E-state index in [1.807, 2.05) is 24.9 Å². The van der Waals surface area contributed by atoms with E-state index in [9.17, 15) is 130 Å². The Balaban J connectivity index is 0.885. The van der Waals surface area contributed by atoms with Gasteiger partial charge in [0.05, 0.1) is 33.0 Å². The lowest BCUT2D eigenvalue weighted by Gasteiger charge is -2.27. The molecule has 5 fully saturated rings. The number of carbonyl (C=O) groups is 1. The predicted molar refractivity (Wildman–Crippen MR) is 346 cm³/mol. The summed E-state index contributed by atoms with van der Waals surface area (Å²) in [5.41, 5.74) is -11.8. The van der Waals surface area contributed by atoms with Crippen LogP contribution in [0.5, 0.6) is 0 Å². The van der Waals surface area contributed by atoms with Gasteiger partial charge >= 0.3 is 73.5 Å². The molecule has 16 N–H and O–H groups in total. The van der Waals surface area contributed by atoms with Gasteiger partial charge in [-0.3, -0.25) is 117 Å². The van der Waals surface area contributed by atoms with Crippen LogP contribution in [0.3, 0.4) is 0 Å². The number of hydrogen-bond donors (Lipinski definition) is 16. The molecule has 0 saturated carbocycles. The zero-order valence-electron chi connectivity index (χ0n) is 56.5. The van der Waals surface area contributed by atoms with Crippen molar-refractivity contribution in [2.24, 2.45) is 0 Å². The van der Waals surface area contributed by atoms with Crippen molar-refractivity contribution in [1.29, 1.82) is 0 Å². The second-order valence-corrected chi connectivity index (χ2v) is 31.7. The molecule has 5 aliphatic heterocycles. The van der Waals surface area contributed by atoms with Crippen molar-refractivity contribution in [3.8, 4) is 0 Å². The normalized spacial score (nSPS) is 31.5. The topological polar surface area (TPSA) is 738 Å². The van der Waals surface area contributed by atoms with Gasteiger partial charge in [0.15, 0.2) is 37.2 Å². The number of ether oxygens (including phenoxy) is 6. The average molecular weight is 1660 g/mol. The lowest BCUT2D eigenvalue weighted by molar-refractivity contribution is -0.153. The highest BCUT2D eigenvalue weighted by Gasteiger charge is 2.57. The van der Waals surface area contributed by atoms with E-state index in [1.54, 1.807) is 0 Å². The minimum absolute atomic E-state index is 0.0650. The number of nitrogens with one attached hydrogen (secondary N) is 5. The maximum absolute atomic E-state index is 14.3. The van der Waals surface area contributed by atoms with Crippen LogP contribution >= 0.6 is 39.1 Å². The number of aromatic nitrogens is 10. The van der Waals surface area contributed by atoms with Crippen molar-refractivity contribution >= 4 is 45.1 Å². The molecular weight excluding hydrogens is 1590 g/mol. The maximum atomic E-state index is 14.3. The summed E-state index contributed by atoms with van der Waals surface area (Å²) in [5, 5.41) is 57.8. The number of aliphatic hydroxyl groups is 5. The zero-order chi connectivity index (χ0) is 80.4. The first-order valence-corrected chi connectivity index (χ1v) is 38.9. The molecule has 0 radical (unpaired) electrons. The van der Waals surface area contributed by atoms with Crippen molar-refractivity contribution in [2.75, 3.05) is 33.0 Å². The fourth-order valence-corrected chi connectivity index (χ4v) is 15.9. The first-order chi connectivity index (χ1) is 50.6. The molecule has 5 aliphatic rings. The van der Waals surface area contributed by atoms with Crippen LogP contribution < -0.4 is 56.2 Å². The second-order valence-electron chi connectivity index (χ2n) is 24.9. The molecule has 5 saturated heterocycles. The standard InChI is InChI=1S/C52H69N10O42P5/c1-17-7-58(48(74)53-38(17)69)43-28(64)33(95-22(6)63)23(96-43)13-91-106(82,83)102-35-25(98-45(30(35)66)60-9-19(3)40(71)55-50(60)76)15-93-108(86,87)104-37-27(100-47(32(37)68)62-11-21(5)42(73)57-52(62)78)16-94-109(88,89)103-36-26(99-46(31(36)67)61-10-20(4)41(72)56-51(61)77)14-92-107(84,85)101-34-24(12-90-105(79,80)81)97-44(29(34)65)59-8-18(2)39(70)54-49(59)75/h7-11,23-37,43-47,64-68H,12-16H2,1-6H3,(H,82,83)(H,84,85)(H,86,87)(H,88,89)(H,53,69,74)(H,54,70,75)(H,55,71,76)(H,56,72,77)(H,57,73,78)(H2,79,80,81)/t23-,24-,25-,26-,27-,28-,29-,30-,31-,32-,33-,34-,35-,36-,37-,43-,44-,45-,46-,47-/m1/s1. The van der Waals surface area contributed by atoms with Crippen LogP contribution in [-0.4, -0.2) is 233 Å². The summed E-state index contributed by atoms with van der Waals surface area (Å²) in [6.07, 6.45) is -39.1. The van der Waals surface area contributed by atoms with Gasteiger partial charge in [0.25, 0.3) is 27.8 Å². The van der Waals surface area contributed by atoms with Gasteiger partial charge in [0, 0.05) is 65.7 Å². The average Bonchev–Trinajstić information content (AvgIpc) is 1.31. The van der Waals surface area contributed by atoms with E-state index in [0.29, 0.717) is 22.8 Å². The van der Waals surface area contributed by atoms with Crippen LogP contribution in [-0.2, 0) is 96.8 Å². The summed E-state index contributed by atoms with van der Waals surface area (Å²) < 4.78 is 151. The predicted octanol–water partition coefficient (Wildman–Crippen LogP) is -7.38. The number of aromatic amines is 5. The molecule has 52 nitrogen and oxygen atoms in total. The fraction of sp³-hybridized carbons (Fsp3) is 0.596. The molecule has 0 bridgehead atoms. The smallest absolute Gasteiger partial charge is 0.457 e. The monoisotopic (exact) mass is 1660 g/mol. The molecule has 0 aromatic carbocycles. The van der Waals surface area contributed by atoms with Crippen molar-refractivity contribution < 1.29 is 152 Å². The first kappa shape index (κ1) is 84.5. The lowest BCUT2D eigenvalue weighted by atomic mass is 10.1. The molecule has 5 aromatic rings. The molecule has 109 heavy (non-hydrogen) atoms. The molecule has 10 rings (SSSR count). The Labute approximate surface area is 603 Å². The molecular formula is C52H69N10O42P5. The quantitative estimate of drug-likeness (QED) is 0.0156. The number of phosphoric acid groups is 5. The van der Waals surface area contributed by atoms with E-state index >= 15 is 0 Å². The lowest BCUT2D eigenvalue weighted by Crippen LogP contribution is -2.40. The molecule has 10 heterocycles. The molecule has 0 amide bonds. The largest absolute Gasteiger partial charge is 0.472 e. The van der Waals surface area contributed by atoms with Crippen LogP contribution in [0.1, 0.15) is 65.9 Å². The molecule has 604 valence electrons. The van der Waals surface area contributed by atoms with E-state index in [4.69, 9.17) is 64.6 Å². The zero-order valence-corrected chi connectivity index (χ0v) is 61.0. The molecule has 0 aliphatic carbocycles. The van der Waals surface area contributed by atoms with E-state index in [0.717, 1.165) is 44.8 Å². The van der Waals surface area contributed by atoms with Gasteiger partial charge in [-0.1, -0.05) is 0 Å². The van der Waals surface area contributed by atoms with Gasteiger partial charge in [0.1, 0.15) is 85.5 Å². The number of esters is 1. The summed E-state index contributed by atoms with van der Waals surface area (Å²) >= 11 is 0. The highest BCUT2D eigenvalue weighted by Crippen LogP contribution is 2.55. The number of H-pyrrole nitrogens is 5. The summed E-state index contributed by atoms with van der Waals surface area (Å²) in [6, 6.07) is 0. The van der Waals surface area contributed by atoms with E-state index < -0.39 is 257 Å². The van der Waals surface area contributed by atoms with Crippen molar-refractivity contribution in [1.82, 2.24) is 47.8 Å². The van der Waals surface area contributed by atoms with Crippen LogP contribution in [0.4, 0.5) is 0 Å². The van der Waals surface area contributed by atoms with Crippen LogP contribution in [0.15, 0.2) is 78.9 Å². The number of aryl methyl sites for hydroxylation is 5.